The molecule has 2 aromatic carbocycles. The van der Waals surface area contributed by atoms with Gasteiger partial charge in [-0.3, -0.25) is 4.79 Å². The summed E-state index contributed by atoms with van der Waals surface area (Å²) in [5.74, 6) is 0.421. The van der Waals surface area contributed by atoms with Crippen LogP contribution < -0.4 is 26.4 Å². The number of nitrogens with two attached hydrogens (primary N) is 1. The van der Waals surface area contributed by atoms with E-state index in [-0.39, 0.29) is 18.0 Å². The molecule has 0 atom stereocenters. The smallest absolute Gasteiger partial charge is 0.319 e. The van der Waals surface area contributed by atoms with Gasteiger partial charge in [0, 0.05) is 29.5 Å². The molecule has 0 spiro atoms. The van der Waals surface area contributed by atoms with E-state index in [1.807, 2.05) is 13.8 Å². The molecule has 138 valence electrons. The minimum Gasteiger partial charge on any atom is -0.492 e. The molecule has 2 aromatic rings. The van der Waals surface area contributed by atoms with Gasteiger partial charge in [-0.2, -0.15) is 0 Å². The fourth-order valence-corrected chi connectivity index (χ4v) is 2.18. The normalized spacial score (nSPS) is 10.3. The molecule has 3 amide bonds. The summed E-state index contributed by atoms with van der Waals surface area (Å²) in [4.78, 5) is 24.2. The molecular weight excluding hydrogens is 332 g/mol. The van der Waals surface area contributed by atoms with E-state index in [2.05, 4.69) is 16.0 Å². The fraction of sp³-hybridized carbons (Fsp3) is 0.263. The molecule has 26 heavy (non-hydrogen) atoms. The average molecular weight is 356 g/mol. The third-order valence-corrected chi connectivity index (χ3v) is 3.30. The van der Waals surface area contributed by atoms with Crippen LogP contribution in [0.15, 0.2) is 48.5 Å². The molecular formula is C19H24N4O3. The van der Waals surface area contributed by atoms with Crippen molar-refractivity contribution in [1.29, 1.82) is 0 Å². The van der Waals surface area contributed by atoms with Crippen molar-refractivity contribution in [1.82, 2.24) is 5.32 Å². The highest BCUT2D eigenvalue weighted by Crippen LogP contribution is 2.17. The van der Waals surface area contributed by atoms with Gasteiger partial charge < -0.3 is 26.4 Å². The summed E-state index contributed by atoms with van der Waals surface area (Å²) in [7, 11) is 0. The van der Waals surface area contributed by atoms with Gasteiger partial charge in [-0.05, 0) is 56.3 Å². The van der Waals surface area contributed by atoms with Crippen LogP contribution in [0.4, 0.5) is 16.2 Å². The number of anilines is 2. The van der Waals surface area contributed by atoms with E-state index in [4.69, 9.17) is 10.5 Å². The number of urea groups is 1. The lowest BCUT2D eigenvalue weighted by Crippen LogP contribution is -2.34. The topological polar surface area (TPSA) is 105 Å². The van der Waals surface area contributed by atoms with Gasteiger partial charge in [0.2, 0.25) is 0 Å². The van der Waals surface area contributed by atoms with Gasteiger partial charge >= 0.3 is 6.03 Å². The van der Waals surface area contributed by atoms with E-state index in [0.717, 1.165) is 0 Å². The van der Waals surface area contributed by atoms with Crippen LogP contribution in [0, 0.1) is 0 Å². The summed E-state index contributed by atoms with van der Waals surface area (Å²) >= 11 is 0. The first-order valence-corrected chi connectivity index (χ1v) is 8.40. The van der Waals surface area contributed by atoms with Crippen molar-refractivity contribution in [2.45, 2.75) is 19.9 Å². The first-order chi connectivity index (χ1) is 12.5. The molecule has 0 aliphatic heterocycles. The minimum absolute atomic E-state index is 0.0262. The van der Waals surface area contributed by atoms with Gasteiger partial charge in [0.05, 0.1) is 0 Å². The number of hydrogen-bond acceptors (Lipinski definition) is 4. The predicted octanol–water partition coefficient (Wildman–Crippen LogP) is 2.81. The molecule has 0 heterocycles. The van der Waals surface area contributed by atoms with Crippen LogP contribution in [-0.4, -0.2) is 31.1 Å². The lowest BCUT2D eigenvalue weighted by atomic mass is 10.2. The molecule has 0 aromatic heterocycles. The number of hydrogen-bond donors (Lipinski definition) is 4. The van der Waals surface area contributed by atoms with E-state index in [0.29, 0.717) is 35.8 Å². The van der Waals surface area contributed by atoms with Crippen molar-refractivity contribution in [3.63, 3.8) is 0 Å². The summed E-state index contributed by atoms with van der Waals surface area (Å²) in [6, 6.07) is 13.5. The zero-order chi connectivity index (χ0) is 18.9. The Labute approximate surface area is 152 Å². The van der Waals surface area contributed by atoms with Crippen molar-refractivity contribution in [3.8, 4) is 5.75 Å². The predicted molar refractivity (Wildman–Crippen MR) is 103 cm³/mol. The lowest BCUT2D eigenvalue weighted by Gasteiger charge is -2.11. The van der Waals surface area contributed by atoms with E-state index >= 15 is 0 Å². The summed E-state index contributed by atoms with van der Waals surface area (Å²) < 4.78 is 5.40. The second kappa shape index (κ2) is 9.43. The second-order valence-corrected chi connectivity index (χ2v) is 5.95. The molecule has 0 fully saturated rings. The zero-order valence-electron chi connectivity index (χ0n) is 14.9. The third-order valence-electron chi connectivity index (χ3n) is 3.30. The van der Waals surface area contributed by atoms with Crippen molar-refractivity contribution in [2.24, 2.45) is 5.73 Å². The number of nitrogens with one attached hydrogen (secondary N) is 3. The van der Waals surface area contributed by atoms with Gasteiger partial charge in [-0.1, -0.05) is 6.07 Å². The third kappa shape index (κ3) is 6.10. The first kappa shape index (κ1) is 19.3. The Balaban J connectivity index is 1.98. The largest absolute Gasteiger partial charge is 0.492 e. The highest BCUT2D eigenvalue weighted by atomic mass is 16.5. The minimum atomic E-state index is -0.314. The number of amides is 3. The Kier molecular flexibility index (Phi) is 6.99. The van der Waals surface area contributed by atoms with Crippen LogP contribution in [0.1, 0.15) is 24.2 Å². The Morgan fingerprint density at radius 1 is 1.04 bits per heavy atom. The van der Waals surface area contributed by atoms with Crippen LogP contribution in [0.5, 0.6) is 5.75 Å². The maximum absolute atomic E-state index is 12.4. The van der Waals surface area contributed by atoms with Gasteiger partial charge in [-0.25, -0.2) is 4.79 Å². The molecule has 5 N–H and O–H groups in total. The number of ether oxygens (including phenoxy) is 1. The number of carbonyl (C=O) groups is 2. The Bertz CT molecular complexity index is 745. The van der Waals surface area contributed by atoms with E-state index in [1.54, 1.807) is 48.5 Å². The SMILES string of the molecule is CC(C)NC(=O)Nc1cccc(C(=O)Nc2ccc(OCCN)cc2)c1. The summed E-state index contributed by atoms with van der Waals surface area (Å²) in [5.41, 5.74) is 7.02. The standard InChI is InChI=1S/C19H24N4O3/c1-13(2)21-19(25)23-16-5-3-4-14(12-16)18(24)22-15-6-8-17(9-7-15)26-11-10-20/h3-9,12-13H,10-11,20H2,1-2H3,(H,22,24)(H2,21,23,25). The van der Waals surface area contributed by atoms with Gasteiger partial charge in [0.15, 0.2) is 0 Å². The first-order valence-electron chi connectivity index (χ1n) is 8.40. The van der Waals surface area contributed by atoms with Crippen molar-refractivity contribution in [3.05, 3.63) is 54.1 Å². The van der Waals surface area contributed by atoms with Crippen LogP contribution in [0.2, 0.25) is 0 Å². The molecule has 2 rings (SSSR count). The van der Waals surface area contributed by atoms with Crippen molar-refractivity contribution < 1.29 is 14.3 Å². The zero-order valence-corrected chi connectivity index (χ0v) is 14.9. The van der Waals surface area contributed by atoms with E-state index in [9.17, 15) is 9.59 Å². The molecule has 0 unspecified atom stereocenters. The van der Waals surface area contributed by atoms with E-state index in [1.165, 1.54) is 0 Å². The van der Waals surface area contributed by atoms with Crippen LogP contribution in [0.25, 0.3) is 0 Å². The van der Waals surface area contributed by atoms with Crippen LogP contribution in [0.3, 0.4) is 0 Å². The lowest BCUT2D eigenvalue weighted by molar-refractivity contribution is 0.102. The molecule has 0 aliphatic rings. The average Bonchev–Trinajstić information content (AvgIpc) is 2.60. The summed E-state index contributed by atoms with van der Waals surface area (Å²) in [6.07, 6.45) is 0. The Morgan fingerprint density at radius 3 is 2.42 bits per heavy atom. The van der Waals surface area contributed by atoms with E-state index < -0.39 is 0 Å². The number of carbonyl (C=O) groups excluding carboxylic acids is 2. The summed E-state index contributed by atoms with van der Waals surface area (Å²) in [6.45, 7) is 4.62. The molecule has 7 nitrogen and oxygen atoms in total. The Morgan fingerprint density at radius 2 is 1.77 bits per heavy atom. The second-order valence-electron chi connectivity index (χ2n) is 5.95. The molecule has 0 saturated heterocycles. The van der Waals surface area contributed by atoms with Gasteiger partial charge in [0.1, 0.15) is 12.4 Å². The highest BCUT2D eigenvalue weighted by molar-refractivity contribution is 6.05. The van der Waals surface area contributed by atoms with Crippen molar-refractivity contribution in [2.75, 3.05) is 23.8 Å². The molecule has 0 bridgehead atoms. The number of benzene rings is 2. The molecule has 0 aliphatic carbocycles. The highest BCUT2D eigenvalue weighted by Gasteiger charge is 2.09. The monoisotopic (exact) mass is 356 g/mol. The Hall–Kier alpha value is -3.06. The van der Waals surface area contributed by atoms with Gasteiger partial charge in [0.25, 0.3) is 5.91 Å². The molecule has 7 heteroatoms. The molecule has 0 saturated carbocycles. The maximum Gasteiger partial charge on any atom is 0.319 e. The fourth-order valence-electron chi connectivity index (χ4n) is 2.18. The molecule has 0 radical (unpaired) electrons. The van der Waals surface area contributed by atoms with Crippen LogP contribution in [-0.2, 0) is 0 Å². The van der Waals surface area contributed by atoms with Crippen LogP contribution >= 0.6 is 0 Å². The van der Waals surface area contributed by atoms with Crippen molar-refractivity contribution >= 4 is 23.3 Å². The number of rotatable bonds is 7. The maximum atomic E-state index is 12.4. The summed E-state index contributed by atoms with van der Waals surface area (Å²) in [5, 5.41) is 8.24. The quantitative estimate of drug-likeness (QED) is 0.612. The van der Waals surface area contributed by atoms with Gasteiger partial charge in [-0.15, -0.1) is 0 Å².